The van der Waals surface area contributed by atoms with Crippen molar-refractivity contribution in [3.63, 3.8) is 0 Å². The van der Waals surface area contributed by atoms with Gasteiger partial charge in [-0.3, -0.25) is 9.89 Å². The number of carbonyl (C=O) groups is 1. The maximum absolute atomic E-state index is 12.2. The van der Waals surface area contributed by atoms with Crippen molar-refractivity contribution in [3.8, 4) is 0 Å². The Balaban J connectivity index is 2.15. The Morgan fingerprint density at radius 3 is 2.55 bits per heavy atom. The van der Waals surface area contributed by atoms with E-state index in [1.807, 2.05) is 31.2 Å². The first kappa shape index (κ1) is 15.0. The largest absolute Gasteiger partial charge is 0.307 e. The molecule has 0 spiro atoms. The Morgan fingerprint density at radius 1 is 1.30 bits per heavy atom. The van der Waals surface area contributed by atoms with Crippen LogP contribution in [0.15, 0.2) is 24.3 Å². The van der Waals surface area contributed by atoms with E-state index in [1.165, 1.54) is 5.56 Å². The van der Waals surface area contributed by atoms with E-state index in [-0.39, 0.29) is 11.3 Å². The minimum absolute atomic E-state index is 0.0429. The topological polar surface area (TPSA) is 57.8 Å². The van der Waals surface area contributed by atoms with Crippen molar-refractivity contribution in [3.05, 3.63) is 44.7 Å². The summed E-state index contributed by atoms with van der Waals surface area (Å²) in [6, 6.07) is 7.53. The molecule has 1 aromatic carbocycles. The number of halogens is 1. The number of H-pyrrole nitrogens is 1. The van der Waals surface area contributed by atoms with E-state index in [0.29, 0.717) is 11.4 Å². The summed E-state index contributed by atoms with van der Waals surface area (Å²) in [7, 11) is 0. The summed E-state index contributed by atoms with van der Waals surface area (Å²) in [5, 5.41) is 9.92. The van der Waals surface area contributed by atoms with Crippen LogP contribution in [0.2, 0.25) is 0 Å². The molecule has 5 heteroatoms. The molecule has 1 aromatic heterocycles. The molecule has 0 saturated carbocycles. The highest BCUT2D eigenvalue weighted by atomic mass is 127. The lowest BCUT2D eigenvalue weighted by molar-refractivity contribution is 0.102. The minimum Gasteiger partial charge on any atom is -0.307 e. The normalized spacial score (nSPS) is 11.4. The van der Waals surface area contributed by atoms with E-state index < -0.39 is 0 Å². The minimum atomic E-state index is -0.132. The number of benzene rings is 1. The Bertz CT molecular complexity index is 641. The molecule has 2 rings (SSSR count). The van der Waals surface area contributed by atoms with Gasteiger partial charge in [-0.2, -0.15) is 5.10 Å². The quantitative estimate of drug-likeness (QED) is 0.774. The lowest BCUT2D eigenvalue weighted by atomic mass is 9.92. The maximum atomic E-state index is 12.2. The smallest absolute Gasteiger partial charge is 0.256 e. The van der Waals surface area contributed by atoms with Crippen LogP contribution in [0.3, 0.4) is 0 Å². The fourth-order valence-electron chi connectivity index (χ4n) is 1.70. The monoisotopic (exact) mass is 383 g/mol. The number of aryl methyl sites for hydroxylation is 1. The average Bonchev–Trinajstić information content (AvgIpc) is 2.81. The predicted molar refractivity (Wildman–Crippen MR) is 89.1 cm³/mol. The number of nitrogens with one attached hydrogen (secondary N) is 2. The second-order valence-electron chi connectivity index (χ2n) is 5.83. The molecule has 20 heavy (non-hydrogen) atoms. The van der Waals surface area contributed by atoms with Crippen molar-refractivity contribution < 1.29 is 4.79 Å². The van der Waals surface area contributed by atoms with Gasteiger partial charge in [0, 0.05) is 20.6 Å². The molecule has 0 fully saturated rings. The van der Waals surface area contributed by atoms with Gasteiger partial charge in [0.05, 0.1) is 5.69 Å². The first-order chi connectivity index (χ1) is 9.27. The highest BCUT2D eigenvalue weighted by molar-refractivity contribution is 14.1. The number of rotatable bonds is 2. The third-order valence-corrected chi connectivity index (χ3v) is 4.19. The van der Waals surface area contributed by atoms with Crippen LogP contribution < -0.4 is 5.32 Å². The number of hydrogen-bond acceptors (Lipinski definition) is 2. The number of anilines is 1. The molecule has 0 aliphatic carbocycles. The number of hydrogen-bond donors (Lipinski definition) is 2. The van der Waals surface area contributed by atoms with E-state index in [2.05, 4.69) is 58.9 Å². The lowest BCUT2D eigenvalue weighted by Crippen LogP contribution is -2.13. The fourth-order valence-corrected chi connectivity index (χ4v) is 2.21. The van der Waals surface area contributed by atoms with E-state index in [1.54, 1.807) is 0 Å². The Kier molecular flexibility index (Phi) is 4.17. The summed E-state index contributed by atoms with van der Waals surface area (Å²) in [6.07, 6.45) is 0. The highest BCUT2D eigenvalue weighted by Crippen LogP contribution is 2.22. The maximum Gasteiger partial charge on any atom is 0.256 e. The molecule has 0 saturated heterocycles. The molecule has 0 radical (unpaired) electrons. The fraction of sp³-hybridized carbons (Fsp3) is 0.333. The van der Waals surface area contributed by atoms with Crippen LogP contribution in [-0.2, 0) is 5.41 Å². The highest BCUT2D eigenvalue weighted by Gasteiger charge is 2.18. The molecular weight excluding hydrogens is 365 g/mol. The molecule has 2 N–H and O–H groups in total. The van der Waals surface area contributed by atoms with Gasteiger partial charge >= 0.3 is 0 Å². The second kappa shape index (κ2) is 5.55. The zero-order valence-corrected chi connectivity index (χ0v) is 14.2. The van der Waals surface area contributed by atoms with Crippen LogP contribution in [0.1, 0.15) is 42.4 Å². The van der Waals surface area contributed by atoms with Gasteiger partial charge in [0.1, 0.15) is 5.82 Å². The summed E-state index contributed by atoms with van der Waals surface area (Å²) in [4.78, 5) is 12.2. The van der Waals surface area contributed by atoms with Crippen LogP contribution in [0.4, 0.5) is 5.82 Å². The molecular formula is C15H18IN3O. The molecule has 0 unspecified atom stereocenters. The SMILES string of the molecule is Cc1ccc(C(=O)Nc2cc(C(C)(C)C)n[nH]2)cc1I. The third-order valence-electron chi connectivity index (χ3n) is 3.03. The lowest BCUT2D eigenvalue weighted by Gasteiger charge is -2.13. The Labute approximate surface area is 132 Å². The predicted octanol–water partition coefficient (Wildman–Crippen LogP) is 3.87. The van der Waals surface area contributed by atoms with Crippen molar-refractivity contribution in [1.29, 1.82) is 0 Å². The van der Waals surface area contributed by atoms with E-state index in [0.717, 1.165) is 9.26 Å². The van der Waals surface area contributed by atoms with Gasteiger partial charge in [-0.05, 0) is 47.2 Å². The van der Waals surface area contributed by atoms with Gasteiger partial charge in [-0.15, -0.1) is 0 Å². The second-order valence-corrected chi connectivity index (χ2v) is 7.00. The molecule has 1 amide bonds. The van der Waals surface area contributed by atoms with E-state index in [4.69, 9.17) is 0 Å². The van der Waals surface area contributed by atoms with Crippen LogP contribution in [-0.4, -0.2) is 16.1 Å². The zero-order chi connectivity index (χ0) is 14.9. The molecule has 0 aliphatic rings. The van der Waals surface area contributed by atoms with Crippen molar-refractivity contribution in [2.75, 3.05) is 5.32 Å². The zero-order valence-electron chi connectivity index (χ0n) is 12.0. The Hall–Kier alpha value is -1.37. The first-order valence-corrected chi connectivity index (χ1v) is 7.48. The van der Waals surface area contributed by atoms with Crippen LogP contribution in [0.5, 0.6) is 0 Å². The molecule has 0 aliphatic heterocycles. The van der Waals surface area contributed by atoms with Crippen LogP contribution >= 0.6 is 22.6 Å². The number of nitrogens with zero attached hydrogens (tertiary/aromatic N) is 1. The van der Waals surface area contributed by atoms with Crippen molar-refractivity contribution in [2.45, 2.75) is 33.1 Å². The molecule has 4 nitrogen and oxygen atoms in total. The van der Waals surface area contributed by atoms with Gasteiger partial charge in [-0.25, -0.2) is 0 Å². The summed E-state index contributed by atoms with van der Waals surface area (Å²) in [5.41, 5.74) is 2.69. The van der Waals surface area contributed by atoms with Gasteiger partial charge in [-0.1, -0.05) is 26.8 Å². The summed E-state index contributed by atoms with van der Waals surface area (Å²) < 4.78 is 1.08. The molecule has 2 aromatic rings. The number of amides is 1. The van der Waals surface area contributed by atoms with E-state index in [9.17, 15) is 4.79 Å². The average molecular weight is 383 g/mol. The van der Waals surface area contributed by atoms with Gasteiger partial charge in [0.2, 0.25) is 0 Å². The van der Waals surface area contributed by atoms with Gasteiger partial charge in [0.15, 0.2) is 0 Å². The molecule has 1 heterocycles. The summed E-state index contributed by atoms with van der Waals surface area (Å²) in [6.45, 7) is 8.26. The van der Waals surface area contributed by atoms with Gasteiger partial charge < -0.3 is 5.32 Å². The number of carbonyl (C=O) groups excluding carboxylic acids is 1. The third kappa shape index (κ3) is 3.39. The summed E-state index contributed by atoms with van der Waals surface area (Å²) >= 11 is 2.23. The van der Waals surface area contributed by atoms with Crippen LogP contribution in [0, 0.1) is 10.5 Å². The van der Waals surface area contributed by atoms with Crippen molar-refractivity contribution in [1.82, 2.24) is 10.2 Å². The van der Waals surface area contributed by atoms with Gasteiger partial charge in [0.25, 0.3) is 5.91 Å². The van der Waals surface area contributed by atoms with E-state index >= 15 is 0 Å². The standard InChI is InChI=1S/C15H18IN3O/c1-9-5-6-10(7-11(9)16)14(20)17-13-8-12(18-19-13)15(2,3)4/h5-8H,1-4H3,(H2,17,18,19,20). The molecule has 106 valence electrons. The van der Waals surface area contributed by atoms with Crippen molar-refractivity contribution in [2.24, 2.45) is 0 Å². The van der Waals surface area contributed by atoms with Crippen LogP contribution in [0.25, 0.3) is 0 Å². The molecule has 0 bridgehead atoms. The molecule has 0 atom stereocenters. The van der Waals surface area contributed by atoms with Crippen molar-refractivity contribution >= 4 is 34.3 Å². The number of aromatic amines is 1. The number of aromatic nitrogens is 2. The summed E-state index contributed by atoms with van der Waals surface area (Å²) in [5.74, 6) is 0.488. The first-order valence-electron chi connectivity index (χ1n) is 6.41. The Morgan fingerprint density at radius 2 is 2.00 bits per heavy atom.